The molecule has 0 radical (unpaired) electrons. The molecule has 0 atom stereocenters. The monoisotopic (exact) mass is 196 g/mol. The first-order valence-electron chi connectivity index (χ1n) is 5.13. The zero-order valence-electron chi connectivity index (χ0n) is 8.28. The van der Waals surface area contributed by atoms with Crippen molar-refractivity contribution in [2.24, 2.45) is 5.11 Å². The van der Waals surface area contributed by atoms with Crippen LogP contribution in [0.2, 0.25) is 0 Å². The Hall–Kier alpha value is -1.22. The molecule has 1 fully saturated rings. The molecule has 5 heteroatoms. The first-order valence-corrected chi connectivity index (χ1v) is 5.13. The third-order valence-corrected chi connectivity index (χ3v) is 2.50. The van der Waals surface area contributed by atoms with Gasteiger partial charge in [-0.25, -0.2) is 0 Å². The van der Waals surface area contributed by atoms with Crippen molar-refractivity contribution >= 4 is 5.91 Å². The van der Waals surface area contributed by atoms with Crippen molar-refractivity contribution in [2.75, 3.05) is 6.54 Å². The Kier molecular flexibility index (Phi) is 4.86. The molecule has 78 valence electrons. The molecular weight excluding hydrogens is 180 g/mol. The molecule has 0 aromatic rings. The predicted molar refractivity (Wildman–Crippen MR) is 53.6 cm³/mol. The average Bonchev–Trinajstić information content (AvgIpc) is 2.43. The van der Waals surface area contributed by atoms with Crippen LogP contribution >= 0.6 is 0 Å². The molecule has 0 aromatic heterocycles. The molecule has 1 saturated carbocycles. The maximum absolute atomic E-state index is 11.2. The van der Waals surface area contributed by atoms with E-state index in [1.807, 2.05) is 0 Å². The Morgan fingerprint density at radius 1 is 1.36 bits per heavy atom. The van der Waals surface area contributed by atoms with Crippen LogP contribution in [0.25, 0.3) is 10.4 Å². The molecule has 1 N–H and O–H groups in total. The summed E-state index contributed by atoms with van der Waals surface area (Å²) < 4.78 is 0. The zero-order chi connectivity index (χ0) is 10.2. The van der Waals surface area contributed by atoms with E-state index in [0.717, 1.165) is 12.8 Å². The molecule has 1 rings (SSSR count). The second-order valence-corrected chi connectivity index (χ2v) is 3.64. The molecule has 0 unspecified atom stereocenters. The zero-order valence-corrected chi connectivity index (χ0v) is 8.28. The van der Waals surface area contributed by atoms with Gasteiger partial charge in [0.05, 0.1) is 0 Å². The van der Waals surface area contributed by atoms with Gasteiger partial charge in [-0.15, -0.1) is 0 Å². The number of hydrogen-bond acceptors (Lipinski definition) is 2. The lowest BCUT2D eigenvalue weighted by Gasteiger charge is -2.14. The second kappa shape index (κ2) is 6.27. The minimum atomic E-state index is -0.158. The van der Waals surface area contributed by atoms with Crippen molar-refractivity contribution in [3.05, 3.63) is 10.4 Å². The first-order chi connectivity index (χ1) is 6.83. The van der Waals surface area contributed by atoms with Crippen LogP contribution in [-0.4, -0.2) is 18.5 Å². The molecule has 5 nitrogen and oxygen atoms in total. The highest BCUT2D eigenvalue weighted by Crippen LogP contribution is 2.16. The summed E-state index contributed by atoms with van der Waals surface area (Å²) in [6.45, 7) is -0.0764. The number of nitrogens with one attached hydrogen (secondary N) is 1. The molecular formula is C9H16N4O. The number of rotatable bonds is 3. The number of amides is 1. The maximum atomic E-state index is 11.2. The molecule has 0 aliphatic heterocycles. The van der Waals surface area contributed by atoms with Crippen LogP contribution in [0.1, 0.15) is 38.5 Å². The van der Waals surface area contributed by atoms with Crippen LogP contribution in [-0.2, 0) is 4.79 Å². The smallest absolute Gasteiger partial charge is 0.226 e. The highest BCUT2D eigenvalue weighted by molar-refractivity contribution is 5.78. The van der Waals surface area contributed by atoms with Gasteiger partial charge in [0.25, 0.3) is 0 Å². The summed E-state index contributed by atoms with van der Waals surface area (Å²) in [6, 6.07) is 0.291. The van der Waals surface area contributed by atoms with E-state index in [2.05, 4.69) is 15.3 Å². The van der Waals surface area contributed by atoms with Crippen LogP contribution in [0.5, 0.6) is 0 Å². The number of hydrogen-bond donors (Lipinski definition) is 1. The van der Waals surface area contributed by atoms with Gasteiger partial charge in [-0.3, -0.25) is 4.79 Å². The Morgan fingerprint density at radius 3 is 2.57 bits per heavy atom. The lowest BCUT2D eigenvalue weighted by molar-refractivity contribution is -0.120. The van der Waals surface area contributed by atoms with Crippen LogP contribution in [0.3, 0.4) is 0 Å². The summed E-state index contributed by atoms with van der Waals surface area (Å²) in [5.74, 6) is -0.158. The van der Waals surface area contributed by atoms with E-state index in [9.17, 15) is 4.79 Å². The van der Waals surface area contributed by atoms with Gasteiger partial charge in [0.1, 0.15) is 6.54 Å². The van der Waals surface area contributed by atoms with Gasteiger partial charge >= 0.3 is 0 Å². The van der Waals surface area contributed by atoms with Gasteiger partial charge in [-0.1, -0.05) is 30.8 Å². The lowest BCUT2D eigenvalue weighted by Crippen LogP contribution is -2.35. The molecule has 0 saturated heterocycles. The molecule has 14 heavy (non-hydrogen) atoms. The standard InChI is InChI=1S/C9H16N4O/c10-13-11-7-9(14)12-8-5-3-1-2-4-6-8/h8H,1-7H2,(H,12,14). The quantitative estimate of drug-likeness (QED) is 0.319. The Balaban J connectivity index is 2.26. The minimum Gasteiger partial charge on any atom is -0.353 e. The highest BCUT2D eigenvalue weighted by atomic mass is 16.1. The van der Waals surface area contributed by atoms with Crippen LogP contribution < -0.4 is 5.32 Å². The van der Waals surface area contributed by atoms with Crippen LogP contribution in [0, 0.1) is 0 Å². The van der Waals surface area contributed by atoms with Crippen molar-refractivity contribution in [1.29, 1.82) is 0 Å². The van der Waals surface area contributed by atoms with Crippen molar-refractivity contribution in [3.8, 4) is 0 Å². The summed E-state index contributed by atoms with van der Waals surface area (Å²) in [4.78, 5) is 13.8. The van der Waals surface area contributed by atoms with Gasteiger partial charge < -0.3 is 5.32 Å². The molecule has 1 aliphatic rings. The largest absolute Gasteiger partial charge is 0.353 e. The van der Waals surface area contributed by atoms with E-state index in [0.29, 0.717) is 6.04 Å². The van der Waals surface area contributed by atoms with Crippen molar-refractivity contribution in [1.82, 2.24) is 5.32 Å². The fraction of sp³-hybridized carbons (Fsp3) is 0.889. The van der Waals surface area contributed by atoms with Gasteiger partial charge in [-0.05, 0) is 18.4 Å². The van der Waals surface area contributed by atoms with Gasteiger partial charge in [-0.2, -0.15) is 0 Å². The number of carbonyl (C=O) groups is 1. The maximum Gasteiger partial charge on any atom is 0.226 e. The second-order valence-electron chi connectivity index (χ2n) is 3.64. The topological polar surface area (TPSA) is 77.9 Å². The molecule has 0 heterocycles. The normalized spacial score (nSPS) is 18.0. The van der Waals surface area contributed by atoms with E-state index < -0.39 is 0 Å². The number of nitrogens with zero attached hydrogens (tertiary/aromatic N) is 3. The fourth-order valence-electron chi connectivity index (χ4n) is 1.79. The van der Waals surface area contributed by atoms with E-state index in [-0.39, 0.29) is 12.5 Å². The summed E-state index contributed by atoms with van der Waals surface area (Å²) in [7, 11) is 0. The predicted octanol–water partition coefficient (Wildman–Crippen LogP) is 2.14. The SMILES string of the molecule is [N-]=[N+]=NCC(=O)NC1CCCCCC1. The Bertz CT molecular complexity index is 227. The Morgan fingerprint density at radius 2 is 2.00 bits per heavy atom. The number of azide groups is 1. The van der Waals surface area contributed by atoms with Crippen LogP contribution in [0.4, 0.5) is 0 Å². The summed E-state index contributed by atoms with van der Waals surface area (Å²) in [5.41, 5.74) is 8.04. The van der Waals surface area contributed by atoms with Crippen LogP contribution in [0.15, 0.2) is 5.11 Å². The van der Waals surface area contributed by atoms with Gasteiger partial charge in [0.15, 0.2) is 0 Å². The third-order valence-electron chi connectivity index (χ3n) is 2.50. The molecule has 1 aliphatic carbocycles. The molecule has 0 aromatic carbocycles. The van der Waals surface area contributed by atoms with E-state index in [1.54, 1.807) is 0 Å². The van der Waals surface area contributed by atoms with E-state index >= 15 is 0 Å². The van der Waals surface area contributed by atoms with Crippen molar-refractivity contribution in [3.63, 3.8) is 0 Å². The van der Waals surface area contributed by atoms with E-state index in [1.165, 1.54) is 25.7 Å². The van der Waals surface area contributed by atoms with Crippen molar-refractivity contribution < 1.29 is 4.79 Å². The fourth-order valence-corrected chi connectivity index (χ4v) is 1.79. The highest BCUT2D eigenvalue weighted by Gasteiger charge is 2.13. The van der Waals surface area contributed by atoms with E-state index in [4.69, 9.17) is 5.53 Å². The van der Waals surface area contributed by atoms with Gasteiger partial charge in [0.2, 0.25) is 5.91 Å². The average molecular weight is 196 g/mol. The summed E-state index contributed by atoms with van der Waals surface area (Å²) >= 11 is 0. The molecule has 0 bridgehead atoms. The molecule has 1 amide bonds. The summed E-state index contributed by atoms with van der Waals surface area (Å²) in [5, 5.41) is 6.12. The lowest BCUT2D eigenvalue weighted by atomic mass is 10.1. The van der Waals surface area contributed by atoms with Crippen molar-refractivity contribution in [2.45, 2.75) is 44.6 Å². The molecule has 0 spiro atoms. The Labute approximate surface area is 83.5 Å². The summed E-state index contributed by atoms with van der Waals surface area (Å²) in [6.07, 6.45) is 7.02. The third kappa shape index (κ3) is 4.14. The first kappa shape index (κ1) is 10.9. The van der Waals surface area contributed by atoms with Gasteiger partial charge in [0, 0.05) is 11.0 Å². The minimum absolute atomic E-state index is 0.0764. The number of carbonyl (C=O) groups excluding carboxylic acids is 1.